The third kappa shape index (κ3) is 5.89. The fourth-order valence-corrected chi connectivity index (χ4v) is 2.50. The molecule has 0 saturated heterocycles. The molecule has 0 saturated carbocycles. The van der Waals surface area contributed by atoms with Crippen molar-refractivity contribution in [3.8, 4) is 11.6 Å². The number of pyridine rings is 2. The lowest BCUT2D eigenvalue weighted by Crippen LogP contribution is -2.14. The molecule has 1 unspecified atom stereocenters. The zero-order chi connectivity index (χ0) is 22.4. The number of rotatable bonds is 7. The summed E-state index contributed by atoms with van der Waals surface area (Å²) in [6.45, 7) is 3.43. The van der Waals surface area contributed by atoms with Crippen molar-refractivity contribution in [2.24, 2.45) is 0 Å². The van der Waals surface area contributed by atoms with E-state index >= 15 is 0 Å². The maximum absolute atomic E-state index is 12.6. The molecular formula is C22H17F3N2O4. The molecule has 3 rings (SSSR count). The van der Waals surface area contributed by atoms with Crippen molar-refractivity contribution in [1.82, 2.24) is 9.97 Å². The highest BCUT2D eigenvalue weighted by Gasteiger charge is 2.30. The van der Waals surface area contributed by atoms with Crippen LogP contribution in [0.15, 0.2) is 79.1 Å². The van der Waals surface area contributed by atoms with Gasteiger partial charge in [0.15, 0.2) is 0 Å². The van der Waals surface area contributed by atoms with Crippen molar-refractivity contribution in [1.29, 1.82) is 0 Å². The van der Waals surface area contributed by atoms with Gasteiger partial charge in [-0.2, -0.15) is 13.2 Å². The van der Waals surface area contributed by atoms with Gasteiger partial charge in [-0.1, -0.05) is 24.8 Å². The zero-order valence-electron chi connectivity index (χ0n) is 16.0. The molecule has 160 valence electrons. The lowest BCUT2D eigenvalue weighted by molar-refractivity contribution is -0.141. The average Bonchev–Trinajstić information content (AvgIpc) is 2.77. The summed E-state index contributed by atoms with van der Waals surface area (Å²) >= 11 is 0. The van der Waals surface area contributed by atoms with Crippen molar-refractivity contribution in [2.45, 2.75) is 18.9 Å². The quantitative estimate of drug-likeness (QED) is 0.435. The van der Waals surface area contributed by atoms with Crippen LogP contribution in [0.5, 0.6) is 11.6 Å². The van der Waals surface area contributed by atoms with Gasteiger partial charge in [-0.25, -0.2) is 9.78 Å². The Morgan fingerprint density at radius 3 is 2.55 bits per heavy atom. The highest BCUT2D eigenvalue weighted by molar-refractivity contribution is 5.89. The molecule has 0 aliphatic rings. The molecule has 3 aromatic rings. The third-order valence-corrected chi connectivity index (χ3v) is 4.11. The van der Waals surface area contributed by atoms with E-state index in [1.165, 1.54) is 6.20 Å². The molecule has 0 amide bonds. The average molecular weight is 430 g/mol. The maximum atomic E-state index is 12.6. The van der Waals surface area contributed by atoms with Crippen LogP contribution >= 0.6 is 0 Å². The van der Waals surface area contributed by atoms with Gasteiger partial charge >= 0.3 is 12.1 Å². The second kappa shape index (κ2) is 9.40. The molecule has 1 atom stereocenters. The van der Waals surface area contributed by atoms with Gasteiger partial charge in [0.1, 0.15) is 18.5 Å². The topological polar surface area (TPSA) is 81.5 Å². The van der Waals surface area contributed by atoms with E-state index < -0.39 is 23.8 Å². The standard InChI is InChI=1S/C22H17F3N2O4/c1-14(20(28)18-7-2-3-10-26-18)21(29)30-13-15-5-4-6-17(11-15)31-19-9-8-16(12-27-19)22(23,24)25/h2-12,20,28H,1,13H2. The van der Waals surface area contributed by atoms with Crippen LogP contribution in [0.4, 0.5) is 13.2 Å². The Balaban J connectivity index is 1.59. The Morgan fingerprint density at radius 1 is 1.10 bits per heavy atom. The molecule has 6 nitrogen and oxygen atoms in total. The first-order valence-electron chi connectivity index (χ1n) is 8.99. The number of aliphatic hydroxyl groups excluding tert-OH is 1. The summed E-state index contributed by atoms with van der Waals surface area (Å²) in [4.78, 5) is 19.8. The van der Waals surface area contributed by atoms with E-state index in [0.717, 1.165) is 12.1 Å². The summed E-state index contributed by atoms with van der Waals surface area (Å²) in [5.74, 6) is -0.518. The van der Waals surface area contributed by atoms with Gasteiger partial charge in [-0.15, -0.1) is 0 Å². The molecule has 2 heterocycles. The molecule has 1 N–H and O–H groups in total. The molecule has 0 radical (unpaired) electrons. The number of carbonyl (C=O) groups excluding carboxylic acids is 1. The molecule has 0 aliphatic heterocycles. The van der Waals surface area contributed by atoms with Gasteiger partial charge in [-0.3, -0.25) is 4.98 Å². The van der Waals surface area contributed by atoms with Crippen molar-refractivity contribution >= 4 is 5.97 Å². The van der Waals surface area contributed by atoms with E-state index in [-0.39, 0.29) is 23.8 Å². The molecule has 0 bridgehead atoms. The van der Waals surface area contributed by atoms with Gasteiger partial charge in [0.05, 0.1) is 16.8 Å². The normalized spacial score (nSPS) is 12.1. The summed E-state index contributed by atoms with van der Waals surface area (Å²) in [5, 5.41) is 10.2. The molecule has 9 heteroatoms. The second-order valence-electron chi connectivity index (χ2n) is 6.39. The summed E-state index contributed by atoms with van der Waals surface area (Å²) < 4.78 is 48.4. The van der Waals surface area contributed by atoms with Crippen LogP contribution < -0.4 is 4.74 Å². The van der Waals surface area contributed by atoms with Crippen molar-refractivity contribution in [3.05, 3.63) is 96.0 Å². The number of hydrogen-bond donors (Lipinski definition) is 1. The minimum atomic E-state index is -4.48. The summed E-state index contributed by atoms with van der Waals surface area (Å²) in [7, 11) is 0. The number of alkyl halides is 3. The largest absolute Gasteiger partial charge is 0.457 e. The smallest absolute Gasteiger partial charge is 0.417 e. The SMILES string of the molecule is C=C(C(=O)OCc1cccc(Oc2ccc(C(F)(F)F)cn2)c1)C(O)c1ccccn1. The lowest BCUT2D eigenvalue weighted by atomic mass is 10.1. The first kappa shape index (κ1) is 22.0. The summed E-state index contributed by atoms with van der Waals surface area (Å²) in [6.07, 6.45) is -3.62. The van der Waals surface area contributed by atoms with Gasteiger partial charge < -0.3 is 14.6 Å². The van der Waals surface area contributed by atoms with E-state index in [1.807, 2.05) is 0 Å². The van der Waals surface area contributed by atoms with Crippen LogP contribution in [-0.2, 0) is 22.3 Å². The summed E-state index contributed by atoms with van der Waals surface area (Å²) in [5.41, 5.74) is -0.226. The van der Waals surface area contributed by atoms with Crippen LogP contribution in [0, 0.1) is 0 Å². The Hall–Kier alpha value is -3.72. The fourth-order valence-electron chi connectivity index (χ4n) is 2.50. The second-order valence-corrected chi connectivity index (χ2v) is 6.39. The molecule has 2 aromatic heterocycles. The Bertz CT molecular complexity index is 1050. The molecular weight excluding hydrogens is 413 g/mol. The highest BCUT2D eigenvalue weighted by atomic mass is 19.4. The van der Waals surface area contributed by atoms with Crippen molar-refractivity contribution in [3.63, 3.8) is 0 Å². The monoisotopic (exact) mass is 430 g/mol. The number of ether oxygens (including phenoxy) is 2. The number of esters is 1. The van der Waals surface area contributed by atoms with Crippen molar-refractivity contribution < 1.29 is 32.5 Å². The fraction of sp³-hybridized carbons (Fsp3) is 0.136. The molecule has 0 aliphatic carbocycles. The highest BCUT2D eigenvalue weighted by Crippen LogP contribution is 2.30. The molecule has 0 spiro atoms. The van der Waals surface area contributed by atoms with Gasteiger partial charge in [0.25, 0.3) is 0 Å². The molecule has 1 aromatic carbocycles. The maximum Gasteiger partial charge on any atom is 0.417 e. The summed E-state index contributed by atoms with van der Waals surface area (Å²) in [6, 6.07) is 13.3. The number of halogens is 3. The number of aromatic nitrogens is 2. The van der Waals surface area contributed by atoms with E-state index in [4.69, 9.17) is 9.47 Å². The van der Waals surface area contributed by atoms with Crippen LogP contribution in [0.1, 0.15) is 22.9 Å². The van der Waals surface area contributed by atoms with Crippen LogP contribution in [0.25, 0.3) is 0 Å². The van der Waals surface area contributed by atoms with Crippen LogP contribution in [0.2, 0.25) is 0 Å². The van der Waals surface area contributed by atoms with Gasteiger partial charge in [-0.05, 0) is 35.9 Å². The minimum absolute atomic E-state index is 0.0194. The first-order valence-corrected chi connectivity index (χ1v) is 8.99. The molecule has 31 heavy (non-hydrogen) atoms. The van der Waals surface area contributed by atoms with Crippen LogP contribution in [0.3, 0.4) is 0 Å². The Morgan fingerprint density at radius 2 is 1.90 bits per heavy atom. The van der Waals surface area contributed by atoms with Crippen molar-refractivity contribution in [2.75, 3.05) is 0 Å². The number of carbonyl (C=O) groups is 1. The Labute approximate surface area is 175 Å². The predicted molar refractivity (Wildman–Crippen MR) is 104 cm³/mol. The number of nitrogens with zero attached hydrogens (tertiary/aromatic N) is 2. The van der Waals surface area contributed by atoms with Gasteiger partial charge in [0.2, 0.25) is 5.88 Å². The molecule has 0 fully saturated rings. The van der Waals surface area contributed by atoms with E-state index in [0.29, 0.717) is 17.5 Å². The third-order valence-electron chi connectivity index (χ3n) is 4.11. The number of aliphatic hydroxyl groups is 1. The number of hydrogen-bond acceptors (Lipinski definition) is 6. The van der Waals surface area contributed by atoms with Crippen LogP contribution in [-0.4, -0.2) is 21.0 Å². The van der Waals surface area contributed by atoms with E-state index in [9.17, 15) is 23.1 Å². The van der Waals surface area contributed by atoms with E-state index in [1.54, 1.807) is 42.5 Å². The first-order chi connectivity index (χ1) is 14.7. The van der Waals surface area contributed by atoms with Gasteiger partial charge in [0, 0.05) is 18.5 Å². The Kier molecular flexibility index (Phi) is 6.66. The lowest BCUT2D eigenvalue weighted by Gasteiger charge is -2.13. The van der Waals surface area contributed by atoms with E-state index in [2.05, 4.69) is 16.5 Å². The predicted octanol–water partition coefficient (Wildman–Crippen LogP) is 4.62. The number of benzene rings is 1. The minimum Gasteiger partial charge on any atom is -0.457 e. The zero-order valence-corrected chi connectivity index (χ0v) is 16.0.